The van der Waals surface area contributed by atoms with Gasteiger partial charge in [0.25, 0.3) is 0 Å². The zero-order valence-corrected chi connectivity index (χ0v) is 19.4. The highest BCUT2D eigenvalue weighted by atomic mass is 28.4. The molecule has 3 heteroatoms. The first kappa shape index (κ1) is 21.9. The SMILES string of the molecule is CCC(/C=C\CC(C)C1CCC2C(=O)CCCC21C)(CC)O[Si](C)(C)C. The quantitative estimate of drug-likeness (QED) is 0.344. The monoisotopic (exact) mass is 378 g/mol. The molecule has 4 atom stereocenters. The molecule has 2 aliphatic rings. The van der Waals surface area contributed by atoms with Gasteiger partial charge in [-0.2, -0.15) is 0 Å². The van der Waals surface area contributed by atoms with E-state index in [1.165, 1.54) is 12.8 Å². The van der Waals surface area contributed by atoms with Crippen LogP contribution in [0.2, 0.25) is 19.6 Å². The summed E-state index contributed by atoms with van der Waals surface area (Å²) < 4.78 is 6.56. The Kier molecular flexibility index (Phi) is 6.99. The predicted molar refractivity (Wildman–Crippen MR) is 114 cm³/mol. The van der Waals surface area contributed by atoms with Gasteiger partial charge in [-0.15, -0.1) is 0 Å². The molecule has 2 aliphatic carbocycles. The molecule has 0 aromatic rings. The molecule has 2 nitrogen and oxygen atoms in total. The van der Waals surface area contributed by atoms with Gasteiger partial charge in [0.15, 0.2) is 8.32 Å². The molecule has 0 spiro atoms. The highest BCUT2D eigenvalue weighted by Crippen LogP contribution is 2.57. The summed E-state index contributed by atoms with van der Waals surface area (Å²) in [5.41, 5.74) is 0.164. The minimum atomic E-state index is -1.57. The van der Waals surface area contributed by atoms with E-state index in [2.05, 4.69) is 59.5 Å². The molecule has 2 rings (SSSR count). The van der Waals surface area contributed by atoms with Gasteiger partial charge in [0.05, 0.1) is 5.60 Å². The largest absolute Gasteiger partial charge is 0.409 e. The Balaban J connectivity index is 2.04. The summed E-state index contributed by atoms with van der Waals surface area (Å²) in [6.07, 6.45) is 13.5. The maximum Gasteiger partial charge on any atom is 0.184 e. The molecule has 26 heavy (non-hydrogen) atoms. The van der Waals surface area contributed by atoms with E-state index in [-0.39, 0.29) is 11.0 Å². The van der Waals surface area contributed by atoms with Crippen LogP contribution >= 0.6 is 0 Å². The molecule has 0 amide bonds. The van der Waals surface area contributed by atoms with Crippen molar-refractivity contribution in [2.24, 2.45) is 23.2 Å². The highest BCUT2D eigenvalue weighted by molar-refractivity contribution is 6.69. The summed E-state index contributed by atoms with van der Waals surface area (Å²) >= 11 is 0. The van der Waals surface area contributed by atoms with Crippen LogP contribution in [0, 0.1) is 23.2 Å². The van der Waals surface area contributed by atoms with E-state index in [0.29, 0.717) is 23.5 Å². The first-order valence-corrected chi connectivity index (χ1v) is 14.4. The molecular formula is C23H42O2Si. The van der Waals surface area contributed by atoms with E-state index in [9.17, 15) is 4.79 Å². The Bertz CT molecular complexity index is 515. The zero-order chi connectivity index (χ0) is 19.6. The summed E-state index contributed by atoms with van der Waals surface area (Å²) in [6, 6.07) is 0. The van der Waals surface area contributed by atoms with Crippen molar-refractivity contribution in [1.82, 2.24) is 0 Å². The van der Waals surface area contributed by atoms with Gasteiger partial charge in [-0.3, -0.25) is 4.79 Å². The van der Waals surface area contributed by atoms with E-state index < -0.39 is 8.32 Å². The molecule has 0 aromatic carbocycles. The standard InChI is InChI=1S/C23H42O2Si/c1-8-23(9-2,25-26(5,6)7)17-10-12-18(3)19-14-15-20-21(24)13-11-16-22(19,20)4/h10,17-20H,8-9,11-16H2,1-7H3/b17-10-. The van der Waals surface area contributed by atoms with Crippen LogP contribution in [0.5, 0.6) is 0 Å². The van der Waals surface area contributed by atoms with Gasteiger partial charge >= 0.3 is 0 Å². The summed E-state index contributed by atoms with van der Waals surface area (Å²) in [5, 5.41) is 0. The molecule has 0 saturated heterocycles. The summed E-state index contributed by atoms with van der Waals surface area (Å²) in [7, 11) is -1.57. The Morgan fingerprint density at radius 2 is 1.92 bits per heavy atom. The smallest absolute Gasteiger partial charge is 0.184 e. The van der Waals surface area contributed by atoms with Gasteiger partial charge in [0.2, 0.25) is 0 Å². The Morgan fingerprint density at radius 3 is 2.50 bits per heavy atom. The lowest BCUT2D eigenvalue weighted by Gasteiger charge is -2.42. The second kappa shape index (κ2) is 8.30. The van der Waals surface area contributed by atoms with Crippen molar-refractivity contribution in [3.8, 4) is 0 Å². The fourth-order valence-corrected chi connectivity index (χ4v) is 7.42. The van der Waals surface area contributed by atoms with Crippen molar-refractivity contribution in [3.63, 3.8) is 0 Å². The minimum absolute atomic E-state index is 0.0902. The van der Waals surface area contributed by atoms with Crippen molar-refractivity contribution in [2.75, 3.05) is 0 Å². The topological polar surface area (TPSA) is 26.3 Å². The van der Waals surface area contributed by atoms with Crippen molar-refractivity contribution in [3.05, 3.63) is 12.2 Å². The normalized spacial score (nSPS) is 31.4. The highest BCUT2D eigenvalue weighted by Gasteiger charge is 2.52. The maximum atomic E-state index is 12.4. The minimum Gasteiger partial charge on any atom is -0.409 e. The third kappa shape index (κ3) is 4.70. The fraction of sp³-hybridized carbons (Fsp3) is 0.870. The predicted octanol–water partition coefficient (Wildman–Crippen LogP) is 6.76. The van der Waals surface area contributed by atoms with E-state index in [1.54, 1.807) is 0 Å². The van der Waals surface area contributed by atoms with Crippen molar-refractivity contribution >= 4 is 14.1 Å². The van der Waals surface area contributed by atoms with Crippen LogP contribution in [0.1, 0.15) is 79.1 Å². The average molecular weight is 379 g/mol. The Hall–Kier alpha value is -0.413. The molecule has 0 bridgehead atoms. The number of allylic oxidation sites excluding steroid dienone is 1. The lowest BCUT2D eigenvalue weighted by molar-refractivity contribution is -0.130. The lowest BCUT2D eigenvalue weighted by atomic mass is 9.62. The van der Waals surface area contributed by atoms with Gasteiger partial charge in [-0.05, 0) is 81.8 Å². The van der Waals surface area contributed by atoms with E-state index in [4.69, 9.17) is 4.43 Å². The number of hydrogen-bond donors (Lipinski definition) is 0. The molecule has 2 saturated carbocycles. The molecule has 150 valence electrons. The number of hydrogen-bond acceptors (Lipinski definition) is 2. The van der Waals surface area contributed by atoms with Gasteiger partial charge in [0.1, 0.15) is 5.78 Å². The number of carbonyl (C=O) groups excluding carboxylic acids is 1. The van der Waals surface area contributed by atoms with Crippen LogP contribution in [0.4, 0.5) is 0 Å². The van der Waals surface area contributed by atoms with E-state index in [0.717, 1.165) is 38.5 Å². The lowest BCUT2D eigenvalue weighted by Crippen LogP contribution is -2.40. The number of fused-ring (bicyclic) bond motifs is 1. The first-order chi connectivity index (χ1) is 12.1. The van der Waals surface area contributed by atoms with Crippen LogP contribution in [0.25, 0.3) is 0 Å². The second-order valence-corrected chi connectivity index (χ2v) is 14.6. The number of ketones is 1. The van der Waals surface area contributed by atoms with Crippen molar-refractivity contribution in [2.45, 2.75) is 104 Å². The molecule has 0 N–H and O–H groups in total. The zero-order valence-electron chi connectivity index (χ0n) is 18.4. The molecule has 0 aromatic heterocycles. The molecule has 0 radical (unpaired) electrons. The number of Topliss-reactive ketones (excluding diaryl/α,β-unsaturated/α-hetero) is 1. The first-order valence-electron chi connectivity index (χ1n) is 11.0. The molecule has 0 heterocycles. The van der Waals surface area contributed by atoms with Crippen LogP contribution in [0.15, 0.2) is 12.2 Å². The van der Waals surface area contributed by atoms with Crippen LogP contribution in [-0.4, -0.2) is 19.7 Å². The third-order valence-electron chi connectivity index (χ3n) is 7.26. The van der Waals surface area contributed by atoms with Crippen LogP contribution in [-0.2, 0) is 9.22 Å². The van der Waals surface area contributed by atoms with E-state index in [1.807, 2.05) is 0 Å². The second-order valence-electron chi connectivity index (χ2n) is 10.2. The Morgan fingerprint density at radius 1 is 1.27 bits per heavy atom. The average Bonchev–Trinajstić information content (AvgIpc) is 2.91. The summed E-state index contributed by atoms with van der Waals surface area (Å²) in [6.45, 7) is 16.1. The Labute approximate surface area is 163 Å². The van der Waals surface area contributed by atoms with Gasteiger partial charge in [0, 0.05) is 12.3 Å². The van der Waals surface area contributed by atoms with Crippen molar-refractivity contribution < 1.29 is 9.22 Å². The fourth-order valence-electron chi connectivity index (χ4n) is 5.84. The van der Waals surface area contributed by atoms with Crippen molar-refractivity contribution in [1.29, 1.82) is 0 Å². The van der Waals surface area contributed by atoms with Crippen LogP contribution < -0.4 is 0 Å². The summed E-state index contributed by atoms with van der Waals surface area (Å²) in [5.74, 6) is 2.22. The molecular weight excluding hydrogens is 336 g/mol. The van der Waals surface area contributed by atoms with Gasteiger partial charge in [-0.1, -0.05) is 39.8 Å². The summed E-state index contributed by atoms with van der Waals surface area (Å²) in [4.78, 5) is 12.4. The molecule has 0 aliphatic heterocycles. The third-order valence-corrected chi connectivity index (χ3v) is 8.28. The molecule has 4 unspecified atom stereocenters. The number of rotatable bonds is 8. The molecule has 2 fully saturated rings. The van der Waals surface area contributed by atoms with Crippen LogP contribution in [0.3, 0.4) is 0 Å². The maximum absolute atomic E-state index is 12.4. The number of carbonyl (C=O) groups is 1. The van der Waals surface area contributed by atoms with Gasteiger partial charge in [-0.25, -0.2) is 0 Å². The van der Waals surface area contributed by atoms with E-state index >= 15 is 0 Å². The van der Waals surface area contributed by atoms with Gasteiger partial charge < -0.3 is 4.43 Å².